The number of amides is 1. The molecule has 43 heavy (non-hydrogen) atoms. The molecule has 1 unspecified atom stereocenters. The maximum Gasteiger partial charge on any atom is 0.410 e. The zero-order valence-electron chi connectivity index (χ0n) is 24.9. The summed E-state index contributed by atoms with van der Waals surface area (Å²) in [6.07, 6.45) is 5.39. The first-order chi connectivity index (χ1) is 20.5. The average Bonchev–Trinajstić information content (AvgIpc) is 3.54. The van der Waals surface area contributed by atoms with Crippen molar-refractivity contribution in [2.45, 2.75) is 82.7 Å². The van der Waals surface area contributed by atoms with Crippen LogP contribution in [0, 0.1) is 5.82 Å². The molecule has 2 fully saturated rings. The predicted molar refractivity (Wildman–Crippen MR) is 161 cm³/mol. The summed E-state index contributed by atoms with van der Waals surface area (Å²) in [5, 5.41) is 15.4. The highest BCUT2D eigenvalue weighted by molar-refractivity contribution is 5.70. The van der Waals surface area contributed by atoms with Crippen LogP contribution in [0.15, 0.2) is 73.1 Å². The number of anilines is 1. The van der Waals surface area contributed by atoms with Gasteiger partial charge >= 0.3 is 6.09 Å². The van der Waals surface area contributed by atoms with Crippen LogP contribution < -0.4 is 5.32 Å². The topological polar surface area (TPSA) is 105 Å². The van der Waals surface area contributed by atoms with Crippen LogP contribution in [0.2, 0.25) is 0 Å². The second kappa shape index (κ2) is 11.1. The minimum absolute atomic E-state index is 0.0299. The van der Waals surface area contributed by atoms with Crippen molar-refractivity contribution in [3.63, 3.8) is 0 Å². The van der Waals surface area contributed by atoms with Gasteiger partial charge in [-0.25, -0.2) is 19.2 Å². The summed E-state index contributed by atoms with van der Waals surface area (Å²) in [6, 6.07) is 17.5. The molecule has 2 N–H and O–H groups in total. The second-order valence-corrected chi connectivity index (χ2v) is 12.6. The molecule has 0 radical (unpaired) electrons. The molecule has 2 aromatic carbocycles. The summed E-state index contributed by atoms with van der Waals surface area (Å²) in [5.74, 6) is 1.16. The second-order valence-electron chi connectivity index (χ2n) is 12.6. The van der Waals surface area contributed by atoms with Crippen molar-refractivity contribution in [1.82, 2.24) is 24.4 Å². The van der Waals surface area contributed by atoms with E-state index in [0.717, 1.165) is 18.4 Å². The Morgan fingerprint density at radius 2 is 1.72 bits per heavy atom. The number of aromatic nitrogens is 4. The number of hydrogen-bond acceptors (Lipinski definition) is 7. The molecule has 6 rings (SSSR count). The number of imidazole rings is 1. The number of carbonyl (C=O) groups excluding carboxylic acids is 1. The molecule has 2 aromatic heterocycles. The fourth-order valence-corrected chi connectivity index (χ4v) is 6.20. The molecule has 2 aliphatic heterocycles. The highest BCUT2D eigenvalue weighted by Crippen LogP contribution is 2.46. The van der Waals surface area contributed by atoms with E-state index in [1.165, 1.54) is 12.1 Å². The lowest BCUT2D eigenvalue weighted by molar-refractivity contribution is -0.0645. The molecule has 224 valence electrons. The lowest BCUT2D eigenvalue weighted by atomic mass is 9.84. The molecule has 4 atom stereocenters. The molecule has 10 heteroatoms. The summed E-state index contributed by atoms with van der Waals surface area (Å²) >= 11 is 0. The molecule has 9 nitrogen and oxygen atoms in total. The third kappa shape index (κ3) is 5.97. The van der Waals surface area contributed by atoms with Crippen LogP contribution in [0.5, 0.6) is 0 Å². The summed E-state index contributed by atoms with van der Waals surface area (Å²) in [4.78, 5) is 29.0. The molecule has 0 aliphatic carbocycles. The number of nitrogens with zero attached hydrogens (tertiary/aromatic N) is 5. The van der Waals surface area contributed by atoms with Crippen molar-refractivity contribution >= 4 is 12.0 Å². The van der Waals surface area contributed by atoms with E-state index in [1.54, 1.807) is 35.5 Å². The number of hydrogen-bond donors (Lipinski definition) is 2. The summed E-state index contributed by atoms with van der Waals surface area (Å²) in [7, 11) is 0. The third-order valence-electron chi connectivity index (χ3n) is 8.19. The monoisotopic (exact) mass is 584 g/mol. The first kappa shape index (κ1) is 28.8. The van der Waals surface area contributed by atoms with Crippen molar-refractivity contribution in [1.29, 1.82) is 0 Å². The van der Waals surface area contributed by atoms with Gasteiger partial charge in [0.2, 0.25) is 5.95 Å². The van der Waals surface area contributed by atoms with Gasteiger partial charge in [-0.2, -0.15) is 4.98 Å². The van der Waals surface area contributed by atoms with Crippen molar-refractivity contribution in [3.05, 3.63) is 90.1 Å². The summed E-state index contributed by atoms with van der Waals surface area (Å²) in [5.41, 5.74) is 0.398. The minimum Gasteiger partial charge on any atom is -0.444 e. The number of halogens is 1. The lowest BCUT2D eigenvalue weighted by Crippen LogP contribution is -2.53. The fourth-order valence-electron chi connectivity index (χ4n) is 6.20. The van der Waals surface area contributed by atoms with Gasteiger partial charge in [-0.05, 0) is 76.4 Å². The van der Waals surface area contributed by atoms with Gasteiger partial charge in [0, 0.05) is 42.9 Å². The van der Waals surface area contributed by atoms with Gasteiger partial charge in [0.25, 0.3) is 0 Å². The third-order valence-corrected chi connectivity index (χ3v) is 8.19. The molecular formula is C33H37FN6O3. The van der Waals surface area contributed by atoms with Gasteiger partial charge in [-0.1, -0.05) is 30.3 Å². The van der Waals surface area contributed by atoms with Gasteiger partial charge < -0.3 is 20.1 Å². The zero-order valence-corrected chi connectivity index (χ0v) is 24.9. The number of piperidine rings is 1. The van der Waals surface area contributed by atoms with E-state index >= 15 is 0 Å². The van der Waals surface area contributed by atoms with Crippen molar-refractivity contribution < 1.29 is 19.0 Å². The SMILES string of the molecule is C[C@H](Nc1nccc(-n2cc(C3(O)C[C@H]4CC[C@@H](C3)N4C(=O)OC(C)(C)C)nc2-c2ccc(F)cc2)n1)c1ccccc1. The van der Waals surface area contributed by atoms with E-state index < -0.39 is 11.2 Å². The summed E-state index contributed by atoms with van der Waals surface area (Å²) in [6.45, 7) is 7.60. The predicted octanol–water partition coefficient (Wildman–Crippen LogP) is 6.39. The normalized spacial score (nSPS) is 22.3. The summed E-state index contributed by atoms with van der Waals surface area (Å²) < 4.78 is 21.3. The quantitative estimate of drug-likeness (QED) is 0.271. The van der Waals surface area contributed by atoms with E-state index in [2.05, 4.69) is 10.3 Å². The number of benzene rings is 2. The van der Waals surface area contributed by atoms with Crippen LogP contribution in [0.1, 0.15) is 70.7 Å². The smallest absolute Gasteiger partial charge is 0.410 e. The Morgan fingerprint density at radius 1 is 1.05 bits per heavy atom. The van der Waals surface area contributed by atoms with Crippen LogP contribution in [0.25, 0.3) is 17.2 Å². The van der Waals surface area contributed by atoms with E-state index in [9.17, 15) is 14.3 Å². The maximum atomic E-state index is 13.9. The van der Waals surface area contributed by atoms with Crippen LogP contribution in [-0.4, -0.2) is 53.3 Å². The number of rotatable bonds is 6. The molecule has 4 heterocycles. The Morgan fingerprint density at radius 3 is 2.37 bits per heavy atom. The molecule has 2 bridgehead atoms. The Bertz CT molecular complexity index is 1590. The molecule has 4 aromatic rings. The van der Waals surface area contributed by atoms with Crippen LogP contribution in [0.4, 0.5) is 15.1 Å². The molecule has 0 saturated carbocycles. The largest absolute Gasteiger partial charge is 0.444 e. The Kier molecular flexibility index (Phi) is 7.41. The van der Waals surface area contributed by atoms with Gasteiger partial charge in [0.05, 0.1) is 11.7 Å². The van der Waals surface area contributed by atoms with Crippen LogP contribution in [-0.2, 0) is 10.3 Å². The molecular weight excluding hydrogens is 547 g/mol. The number of nitrogens with one attached hydrogen (secondary N) is 1. The number of ether oxygens (including phenoxy) is 1. The Balaban J connectivity index is 1.33. The van der Waals surface area contributed by atoms with Crippen LogP contribution in [0.3, 0.4) is 0 Å². The van der Waals surface area contributed by atoms with Gasteiger partial charge in [0.15, 0.2) is 0 Å². The maximum absolute atomic E-state index is 13.9. The average molecular weight is 585 g/mol. The highest BCUT2D eigenvalue weighted by Gasteiger charge is 2.52. The number of aliphatic hydroxyl groups is 1. The van der Waals surface area contributed by atoms with Crippen molar-refractivity contribution in [2.75, 3.05) is 5.32 Å². The molecule has 1 amide bonds. The van der Waals surface area contributed by atoms with E-state index in [-0.39, 0.29) is 30.0 Å². The van der Waals surface area contributed by atoms with Gasteiger partial charge in [0.1, 0.15) is 28.7 Å². The van der Waals surface area contributed by atoms with Crippen molar-refractivity contribution in [3.8, 4) is 17.2 Å². The minimum atomic E-state index is -1.26. The molecule has 0 spiro atoms. The highest BCUT2D eigenvalue weighted by atomic mass is 19.1. The van der Waals surface area contributed by atoms with Crippen LogP contribution >= 0.6 is 0 Å². The number of fused-ring (bicyclic) bond motifs is 2. The zero-order chi connectivity index (χ0) is 30.4. The first-order valence-electron chi connectivity index (χ1n) is 14.7. The molecule has 2 aliphatic rings. The molecule has 2 saturated heterocycles. The standard InChI is InChI=1S/C33H37FN6O3/c1-21(22-8-6-5-7-9-22)36-30-35-17-16-28(38-30)39-20-27(37-29(39)23-10-12-24(34)13-11-23)33(42)18-25-14-15-26(19-33)40(25)31(41)43-32(2,3)4/h5-13,16-17,20-21,25-26,42H,14-15,18-19H2,1-4H3,(H,35,36,38)/t21-,25-,26+,33?/m0/s1. The Hall–Kier alpha value is -4.31. The van der Waals surface area contributed by atoms with Gasteiger partial charge in [-0.3, -0.25) is 4.57 Å². The van der Waals surface area contributed by atoms with E-state index in [0.29, 0.717) is 41.7 Å². The number of carbonyl (C=O) groups is 1. The van der Waals surface area contributed by atoms with E-state index in [4.69, 9.17) is 14.7 Å². The lowest BCUT2D eigenvalue weighted by Gasteiger charge is -2.43. The fraction of sp³-hybridized carbons (Fsp3) is 0.394. The van der Waals surface area contributed by atoms with Crippen molar-refractivity contribution in [2.24, 2.45) is 0 Å². The van der Waals surface area contributed by atoms with Gasteiger partial charge in [-0.15, -0.1) is 0 Å². The van der Waals surface area contributed by atoms with E-state index in [1.807, 2.05) is 62.6 Å². The first-order valence-corrected chi connectivity index (χ1v) is 14.7. The Labute approximate surface area is 250 Å².